The Bertz CT molecular complexity index is 1220. The van der Waals surface area contributed by atoms with E-state index in [9.17, 15) is 9.59 Å². The van der Waals surface area contributed by atoms with Gasteiger partial charge in [0.05, 0.1) is 25.5 Å². The Kier molecular flexibility index (Phi) is 6.18. The number of hydrogen-bond donors (Lipinski definition) is 0. The van der Waals surface area contributed by atoms with Crippen LogP contribution in [0.1, 0.15) is 18.1 Å². The topological polar surface area (TPSA) is 59.1 Å². The molecule has 1 aliphatic rings. The van der Waals surface area contributed by atoms with Gasteiger partial charge in [-0.15, -0.1) is 0 Å². The fourth-order valence-corrected chi connectivity index (χ4v) is 4.06. The van der Waals surface area contributed by atoms with Crippen LogP contribution >= 0.6 is 0 Å². The molecule has 1 heterocycles. The summed E-state index contributed by atoms with van der Waals surface area (Å²) in [4.78, 5) is 30.8. The number of ether oxygens (including phenoxy) is 2. The van der Waals surface area contributed by atoms with Crippen molar-refractivity contribution in [2.24, 2.45) is 0 Å². The summed E-state index contributed by atoms with van der Waals surface area (Å²) in [5, 5.41) is 0. The number of carbonyl (C=O) groups is 2. The Hall–Kier alpha value is -4.06. The van der Waals surface area contributed by atoms with Crippen LogP contribution in [0.4, 0.5) is 11.4 Å². The molecule has 0 saturated carbocycles. The van der Waals surface area contributed by atoms with E-state index in [0.29, 0.717) is 40.6 Å². The third kappa shape index (κ3) is 3.96. The van der Waals surface area contributed by atoms with Gasteiger partial charge in [-0.25, -0.2) is 4.90 Å². The molecule has 0 fully saturated rings. The van der Waals surface area contributed by atoms with Crippen LogP contribution in [0.5, 0.6) is 11.5 Å². The Morgan fingerprint density at radius 1 is 0.848 bits per heavy atom. The van der Waals surface area contributed by atoms with Crippen molar-refractivity contribution < 1.29 is 19.1 Å². The first-order valence-electron chi connectivity index (χ1n) is 10.7. The minimum atomic E-state index is -0.390. The average molecular weight is 443 g/mol. The van der Waals surface area contributed by atoms with Crippen LogP contribution in [-0.4, -0.2) is 32.6 Å². The molecule has 6 nitrogen and oxygen atoms in total. The van der Waals surface area contributed by atoms with E-state index in [4.69, 9.17) is 9.47 Å². The van der Waals surface area contributed by atoms with E-state index < -0.39 is 5.91 Å². The molecule has 0 N–H and O–H groups in total. The van der Waals surface area contributed by atoms with Crippen LogP contribution < -0.4 is 19.3 Å². The number of hydrogen-bond acceptors (Lipinski definition) is 5. The van der Waals surface area contributed by atoms with E-state index in [1.807, 2.05) is 55.1 Å². The predicted molar refractivity (Wildman–Crippen MR) is 130 cm³/mol. The van der Waals surface area contributed by atoms with Crippen molar-refractivity contribution in [3.8, 4) is 11.5 Å². The van der Waals surface area contributed by atoms with E-state index in [2.05, 4.69) is 0 Å². The zero-order chi connectivity index (χ0) is 23.5. The second-order valence-corrected chi connectivity index (χ2v) is 7.65. The molecule has 4 rings (SSSR count). The average Bonchev–Trinajstić information content (AvgIpc) is 3.10. The summed E-state index contributed by atoms with van der Waals surface area (Å²) in [7, 11) is 3.12. The molecule has 3 aromatic rings. The first kappa shape index (κ1) is 22.1. The zero-order valence-corrected chi connectivity index (χ0v) is 19.2. The van der Waals surface area contributed by atoms with Gasteiger partial charge in [0.25, 0.3) is 11.8 Å². The van der Waals surface area contributed by atoms with Gasteiger partial charge in [0.2, 0.25) is 0 Å². The molecule has 3 aromatic carbocycles. The molecule has 2 amide bonds. The van der Waals surface area contributed by atoms with Crippen molar-refractivity contribution in [3.05, 3.63) is 89.6 Å². The Balaban J connectivity index is 1.92. The monoisotopic (exact) mass is 442 g/mol. The highest BCUT2D eigenvalue weighted by Gasteiger charge is 2.43. The summed E-state index contributed by atoms with van der Waals surface area (Å²) in [6, 6.07) is 22.2. The van der Waals surface area contributed by atoms with Gasteiger partial charge in [-0.2, -0.15) is 0 Å². The molecule has 0 spiro atoms. The van der Waals surface area contributed by atoms with Gasteiger partial charge in [0.1, 0.15) is 17.2 Å². The fourth-order valence-electron chi connectivity index (χ4n) is 4.06. The van der Waals surface area contributed by atoms with E-state index in [0.717, 1.165) is 11.3 Å². The lowest BCUT2D eigenvalue weighted by molar-refractivity contribution is -0.120. The number of nitrogens with zero attached hydrogens (tertiary/aromatic N) is 2. The SMILES string of the molecule is CCN(C1=C(c2ccc(OC)cc2)C(=O)N(c2cc(C)ccc2OC)C1=O)c1ccccc1. The van der Waals surface area contributed by atoms with Crippen molar-refractivity contribution in [2.45, 2.75) is 13.8 Å². The number of benzene rings is 3. The molecule has 33 heavy (non-hydrogen) atoms. The maximum absolute atomic E-state index is 13.9. The number of carbonyl (C=O) groups excluding carboxylic acids is 2. The first-order valence-corrected chi connectivity index (χ1v) is 10.7. The molecule has 6 heteroatoms. The Labute approximate surface area is 193 Å². The van der Waals surface area contributed by atoms with Crippen molar-refractivity contribution in [2.75, 3.05) is 30.6 Å². The Morgan fingerprint density at radius 2 is 1.55 bits per heavy atom. The number of anilines is 2. The van der Waals surface area contributed by atoms with E-state index >= 15 is 0 Å². The smallest absolute Gasteiger partial charge is 0.282 e. The number of amides is 2. The highest BCUT2D eigenvalue weighted by atomic mass is 16.5. The second-order valence-electron chi connectivity index (χ2n) is 7.65. The van der Waals surface area contributed by atoms with Gasteiger partial charge in [0, 0.05) is 12.2 Å². The van der Waals surface area contributed by atoms with Gasteiger partial charge >= 0.3 is 0 Å². The summed E-state index contributed by atoms with van der Waals surface area (Å²) in [5.41, 5.74) is 3.51. The van der Waals surface area contributed by atoms with E-state index in [1.54, 1.807) is 43.5 Å². The third-order valence-corrected chi connectivity index (χ3v) is 5.67. The van der Waals surface area contributed by atoms with Crippen molar-refractivity contribution in [3.63, 3.8) is 0 Å². The Morgan fingerprint density at radius 3 is 2.15 bits per heavy atom. The predicted octanol–water partition coefficient (Wildman–Crippen LogP) is 4.82. The quantitative estimate of drug-likeness (QED) is 0.491. The lowest BCUT2D eigenvalue weighted by Gasteiger charge is -2.25. The number of para-hydroxylation sites is 1. The molecule has 0 bridgehead atoms. The van der Waals surface area contributed by atoms with Gasteiger partial charge in [-0.05, 0) is 61.4 Å². The van der Waals surface area contributed by atoms with Crippen LogP contribution in [0, 0.1) is 6.92 Å². The number of aryl methyl sites for hydroxylation is 1. The lowest BCUT2D eigenvalue weighted by Crippen LogP contribution is -2.35. The van der Waals surface area contributed by atoms with Gasteiger partial charge < -0.3 is 14.4 Å². The molecule has 0 aliphatic carbocycles. The minimum absolute atomic E-state index is 0.336. The van der Waals surface area contributed by atoms with Crippen LogP contribution in [0.3, 0.4) is 0 Å². The maximum atomic E-state index is 13.9. The number of likely N-dealkylation sites (N-methyl/N-ethyl adjacent to an activating group) is 1. The van der Waals surface area contributed by atoms with E-state index in [1.165, 1.54) is 12.0 Å². The van der Waals surface area contributed by atoms with Crippen LogP contribution in [0.2, 0.25) is 0 Å². The zero-order valence-electron chi connectivity index (χ0n) is 19.2. The highest BCUT2D eigenvalue weighted by molar-refractivity contribution is 6.46. The van der Waals surface area contributed by atoms with Gasteiger partial charge in [-0.1, -0.05) is 36.4 Å². The standard InChI is InChI=1S/C27H26N2O4/c1-5-28(20-9-7-6-8-10-20)25-24(19-12-14-21(32-3)15-13-19)26(30)29(27(25)31)22-17-18(2)11-16-23(22)33-4/h6-17H,5H2,1-4H3. The lowest BCUT2D eigenvalue weighted by atomic mass is 10.0. The molecule has 0 radical (unpaired) electrons. The summed E-state index contributed by atoms with van der Waals surface area (Å²) in [6.45, 7) is 4.38. The minimum Gasteiger partial charge on any atom is -0.497 e. The number of imide groups is 1. The van der Waals surface area contributed by atoms with Gasteiger partial charge in [0.15, 0.2) is 0 Å². The molecule has 0 aromatic heterocycles. The van der Waals surface area contributed by atoms with Crippen molar-refractivity contribution in [1.29, 1.82) is 0 Å². The molecular formula is C27H26N2O4. The largest absolute Gasteiger partial charge is 0.497 e. The third-order valence-electron chi connectivity index (χ3n) is 5.67. The molecule has 0 atom stereocenters. The second kappa shape index (κ2) is 9.20. The number of methoxy groups -OCH3 is 2. The molecule has 0 unspecified atom stereocenters. The number of rotatable bonds is 7. The maximum Gasteiger partial charge on any atom is 0.282 e. The first-order chi connectivity index (χ1) is 16.0. The van der Waals surface area contributed by atoms with Crippen LogP contribution in [0.25, 0.3) is 5.57 Å². The van der Waals surface area contributed by atoms with Crippen LogP contribution in [-0.2, 0) is 9.59 Å². The van der Waals surface area contributed by atoms with Crippen LogP contribution in [0.15, 0.2) is 78.5 Å². The van der Waals surface area contributed by atoms with E-state index in [-0.39, 0.29) is 5.91 Å². The highest BCUT2D eigenvalue weighted by Crippen LogP contribution is 2.40. The fraction of sp³-hybridized carbons (Fsp3) is 0.185. The summed E-state index contributed by atoms with van der Waals surface area (Å²) >= 11 is 0. The normalized spacial score (nSPS) is 13.5. The molecule has 168 valence electrons. The molecular weight excluding hydrogens is 416 g/mol. The van der Waals surface area contributed by atoms with Gasteiger partial charge in [-0.3, -0.25) is 9.59 Å². The molecule has 0 saturated heterocycles. The summed E-state index contributed by atoms with van der Waals surface area (Å²) < 4.78 is 10.8. The van der Waals surface area contributed by atoms with Crippen molar-refractivity contribution >= 4 is 28.8 Å². The summed E-state index contributed by atoms with van der Waals surface area (Å²) in [5.74, 6) is 0.351. The van der Waals surface area contributed by atoms with Crippen molar-refractivity contribution in [1.82, 2.24) is 0 Å². The summed E-state index contributed by atoms with van der Waals surface area (Å²) in [6.07, 6.45) is 0. The molecule has 1 aliphatic heterocycles.